The van der Waals surface area contributed by atoms with Crippen molar-refractivity contribution in [2.45, 2.75) is 0 Å². The van der Waals surface area contributed by atoms with E-state index in [9.17, 15) is 9.59 Å². The number of carbonyl (C=O) groups is 2. The number of ether oxygens (including phenoxy) is 2. The molecule has 0 atom stereocenters. The fourth-order valence-electron chi connectivity index (χ4n) is 1.96. The van der Waals surface area contributed by atoms with Crippen LogP contribution in [0.4, 0.5) is 0 Å². The molecule has 0 unspecified atom stereocenters. The zero-order valence-corrected chi connectivity index (χ0v) is 13.3. The first-order valence-corrected chi connectivity index (χ1v) is 7.30. The second-order valence-electron chi connectivity index (χ2n) is 4.59. The number of primary amides is 1. The molecule has 2 amide bonds. The number of benzene rings is 1. The van der Waals surface area contributed by atoms with Gasteiger partial charge in [-0.15, -0.1) is 0 Å². The van der Waals surface area contributed by atoms with Gasteiger partial charge in [0.25, 0.3) is 11.8 Å². The standard InChI is InChI=1S/C15H11BrN2O5/c16-13-4-3-11(23-13)15(20)18-9(14(17)19)5-8-1-2-10-12(6-8)22-7-21-10/h1-6H,7H2,(H2,17,19)(H,18,20). The molecule has 2 heterocycles. The molecule has 1 aliphatic rings. The van der Waals surface area contributed by atoms with Crippen LogP contribution in [0.3, 0.4) is 0 Å². The van der Waals surface area contributed by atoms with Crippen molar-refractivity contribution in [3.05, 3.63) is 52.0 Å². The largest absolute Gasteiger partial charge is 0.454 e. The highest BCUT2D eigenvalue weighted by Gasteiger charge is 2.16. The first-order chi connectivity index (χ1) is 11.0. The first kappa shape index (κ1) is 15.2. The Morgan fingerprint density at radius 1 is 1.17 bits per heavy atom. The minimum atomic E-state index is -0.776. The van der Waals surface area contributed by atoms with Crippen LogP contribution in [0, 0.1) is 0 Å². The molecular weight excluding hydrogens is 368 g/mol. The molecule has 8 heteroatoms. The van der Waals surface area contributed by atoms with Crippen molar-refractivity contribution < 1.29 is 23.5 Å². The second kappa shape index (κ2) is 6.17. The number of rotatable bonds is 4. The molecule has 0 radical (unpaired) electrons. The number of nitrogens with one attached hydrogen (secondary N) is 1. The molecule has 0 aliphatic carbocycles. The third-order valence-corrected chi connectivity index (χ3v) is 3.44. The summed E-state index contributed by atoms with van der Waals surface area (Å²) in [5, 5.41) is 2.42. The van der Waals surface area contributed by atoms with Crippen LogP contribution in [0.15, 0.2) is 45.1 Å². The van der Waals surface area contributed by atoms with E-state index in [-0.39, 0.29) is 18.3 Å². The average molecular weight is 379 g/mol. The van der Waals surface area contributed by atoms with Crippen molar-refractivity contribution in [1.29, 1.82) is 0 Å². The topological polar surface area (TPSA) is 104 Å². The Kier molecular flexibility index (Phi) is 4.07. The molecule has 3 N–H and O–H groups in total. The van der Waals surface area contributed by atoms with Crippen molar-refractivity contribution in [2.75, 3.05) is 6.79 Å². The van der Waals surface area contributed by atoms with Crippen LogP contribution in [0.25, 0.3) is 6.08 Å². The number of nitrogens with two attached hydrogens (primary N) is 1. The van der Waals surface area contributed by atoms with Crippen molar-refractivity contribution in [1.82, 2.24) is 5.32 Å². The van der Waals surface area contributed by atoms with Crippen LogP contribution in [0.1, 0.15) is 16.1 Å². The lowest BCUT2D eigenvalue weighted by molar-refractivity contribution is -0.114. The Morgan fingerprint density at radius 3 is 2.65 bits per heavy atom. The summed E-state index contributed by atoms with van der Waals surface area (Å²) in [4.78, 5) is 23.6. The van der Waals surface area contributed by atoms with Gasteiger partial charge in [0.15, 0.2) is 21.9 Å². The van der Waals surface area contributed by atoms with E-state index < -0.39 is 11.8 Å². The van der Waals surface area contributed by atoms with E-state index in [4.69, 9.17) is 19.6 Å². The molecule has 7 nitrogen and oxygen atoms in total. The summed E-state index contributed by atoms with van der Waals surface area (Å²) in [6.45, 7) is 0.148. The second-order valence-corrected chi connectivity index (χ2v) is 5.37. The average Bonchev–Trinajstić information content (AvgIpc) is 3.14. The summed E-state index contributed by atoms with van der Waals surface area (Å²) < 4.78 is 16.0. The van der Waals surface area contributed by atoms with Crippen LogP contribution >= 0.6 is 15.9 Å². The Labute approximate surface area is 139 Å². The Morgan fingerprint density at radius 2 is 1.96 bits per heavy atom. The van der Waals surface area contributed by atoms with E-state index >= 15 is 0 Å². The quantitative estimate of drug-likeness (QED) is 0.792. The lowest BCUT2D eigenvalue weighted by Gasteiger charge is -2.06. The van der Waals surface area contributed by atoms with E-state index in [2.05, 4.69) is 21.2 Å². The fraction of sp³-hybridized carbons (Fsp3) is 0.0667. The highest BCUT2D eigenvalue weighted by molar-refractivity contribution is 9.10. The predicted octanol–water partition coefficient (Wildman–Crippen LogP) is 2.03. The third-order valence-electron chi connectivity index (χ3n) is 3.02. The summed E-state index contributed by atoms with van der Waals surface area (Å²) in [5.74, 6) is -0.131. The summed E-state index contributed by atoms with van der Waals surface area (Å²) in [6.07, 6.45) is 1.44. The molecule has 0 fully saturated rings. The van der Waals surface area contributed by atoms with E-state index in [0.29, 0.717) is 21.7 Å². The van der Waals surface area contributed by atoms with E-state index in [1.807, 2.05) is 0 Å². The normalized spacial score (nSPS) is 13.0. The van der Waals surface area contributed by atoms with Gasteiger partial charge in [0.1, 0.15) is 5.70 Å². The van der Waals surface area contributed by atoms with E-state index in [0.717, 1.165) is 0 Å². The van der Waals surface area contributed by atoms with Gasteiger partial charge in [-0.05, 0) is 51.8 Å². The smallest absolute Gasteiger partial charge is 0.291 e. The van der Waals surface area contributed by atoms with Crippen molar-refractivity contribution >= 4 is 33.8 Å². The van der Waals surface area contributed by atoms with Crippen LogP contribution in [0.5, 0.6) is 11.5 Å². The molecule has 1 aliphatic heterocycles. The van der Waals surface area contributed by atoms with E-state index in [1.54, 1.807) is 24.3 Å². The molecule has 1 aromatic heterocycles. The lowest BCUT2D eigenvalue weighted by Crippen LogP contribution is -2.30. The molecule has 0 saturated heterocycles. The monoisotopic (exact) mass is 378 g/mol. The van der Waals surface area contributed by atoms with Gasteiger partial charge in [-0.1, -0.05) is 6.07 Å². The maximum Gasteiger partial charge on any atom is 0.291 e. The number of hydrogen-bond donors (Lipinski definition) is 2. The number of furan rings is 1. The van der Waals surface area contributed by atoms with Gasteiger partial charge in [0.05, 0.1) is 0 Å². The van der Waals surface area contributed by atoms with Crippen LogP contribution in [-0.2, 0) is 4.79 Å². The molecule has 0 spiro atoms. The van der Waals surface area contributed by atoms with Gasteiger partial charge >= 0.3 is 0 Å². The van der Waals surface area contributed by atoms with Gasteiger partial charge in [0, 0.05) is 0 Å². The number of halogens is 1. The zero-order chi connectivity index (χ0) is 16.4. The van der Waals surface area contributed by atoms with Crippen molar-refractivity contribution in [2.24, 2.45) is 5.73 Å². The summed E-state index contributed by atoms with van der Waals surface area (Å²) in [7, 11) is 0. The van der Waals surface area contributed by atoms with E-state index in [1.165, 1.54) is 12.1 Å². The highest BCUT2D eigenvalue weighted by atomic mass is 79.9. The van der Waals surface area contributed by atoms with Crippen LogP contribution < -0.4 is 20.5 Å². The molecule has 2 aromatic rings. The summed E-state index contributed by atoms with van der Waals surface area (Å²) >= 11 is 3.10. The SMILES string of the molecule is NC(=O)C(=Cc1ccc2c(c1)OCO2)NC(=O)c1ccc(Br)o1. The minimum absolute atomic E-state index is 0.0507. The molecule has 0 bridgehead atoms. The molecule has 23 heavy (non-hydrogen) atoms. The maximum absolute atomic E-state index is 12.0. The lowest BCUT2D eigenvalue weighted by atomic mass is 10.1. The molecule has 0 saturated carbocycles. The van der Waals surface area contributed by atoms with Crippen LogP contribution in [0.2, 0.25) is 0 Å². The highest BCUT2D eigenvalue weighted by Crippen LogP contribution is 2.33. The number of amides is 2. The van der Waals surface area contributed by atoms with Gasteiger partial charge in [-0.25, -0.2) is 0 Å². The number of carbonyl (C=O) groups excluding carboxylic acids is 2. The van der Waals surface area contributed by atoms with Crippen LogP contribution in [-0.4, -0.2) is 18.6 Å². The van der Waals surface area contributed by atoms with Crippen molar-refractivity contribution in [3.8, 4) is 11.5 Å². The molecular formula is C15H11BrN2O5. The summed E-state index contributed by atoms with van der Waals surface area (Å²) in [5.41, 5.74) is 5.87. The molecule has 118 valence electrons. The number of hydrogen-bond acceptors (Lipinski definition) is 5. The fourth-order valence-corrected chi connectivity index (χ4v) is 2.27. The number of fused-ring (bicyclic) bond motifs is 1. The van der Waals surface area contributed by atoms with Gasteiger partial charge in [-0.2, -0.15) is 0 Å². The summed E-state index contributed by atoms with van der Waals surface area (Å²) in [6, 6.07) is 8.14. The first-order valence-electron chi connectivity index (χ1n) is 6.51. The zero-order valence-electron chi connectivity index (χ0n) is 11.7. The van der Waals surface area contributed by atoms with Gasteiger partial charge < -0.3 is 24.9 Å². The molecule has 3 rings (SSSR count). The minimum Gasteiger partial charge on any atom is -0.454 e. The molecule has 1 aromatic carbocycles. The third kappa shape index (κ3) is 3.37. The van der Waals surface area contributed by atoms with Gasteiger partial charge in [-0.3, -0.25) is 9.59 Å². The Balaban J connectivity index is 1.83. The van der Waals surface area contributed by atoms with Crippen molar-refractivity contribution in [3.63, 3.8) is 0 Å². The Hall–Kier alpha value is -2.74. The maximum atomic E-state index is 12.0. The predicted molar refractivity (Wildman–Crippen MR) is 83.6 cm³/mol. The van der Waals surface area contributed by atoms with Gasteiger partial charge in [0.2, 0.25) is 6.79 Å². The Bertz CT molecular complexity index is 812.